The number of carbonyl (C=O) groups excluding carboxylic acids is 1. The van der Waals surface area contributed by atoms with Gasteiger partial charge in [0.2, 0.25) is 5.96 Å². The Bertz CT molecular complexity index is 504. The van der Waals surface area contributed by atoms with Gasteiger partial charge in [-0.25, -0.2) is 4.79 Å². The van der Waals surface area contributed by atoms with Crippen LogP contribution < -0.4 is 11.1 Å². The fourth-order valence-electron chi connectivity index (χ4n) is 2.11. The zero-order valence-corrected chi connectivity index (χ0v) is 12.7. The summed E-state index contributed by atoms with van der Waals surface area (Å²) in [5, 5.41) is 2.81. The van der Waals surface area contributed by atoms with Crippen LogP contribution in [0.25, 0.3) is 0 Å². The van der Waals surface area contributed by atoms with Gasteiger partial charge in [0.1, 0.15) is 0 Å². The van der Waals surface area contributed by atoms with Crippen molar-refractivity contribution in [2.75, 3.05) is 29.9 Å². The molecule has 0 unspecified atom stereocenters. The molecule has 1 fully saturated rings. The number of urea groups is 1. The number of hydrogen-bond donors (Lipinski definition) is 2. The second-order valence-corrected chi connectivity index (χ2v) is 5.99. The normalized spacial score (nSPS) is 16.1. The number of aliphatic imine (C=N–C) groups is 1. The van der Waals surface area contributed by atoms with Crippen LogP contribution in [-0.4, -0.2) is 41.5 Å². The van der Waals surface area contributed by atoms with Crippen LogP contribution in [0.4, 0.5) is 10.5 Å². The Morgan fingerprint density at radius 1 is 1.30 bits per heavy atom. The molecule has 0 bridgehead atoms. The summed E-state index contributed by atoms with van der Waals surface area (Å²) in [6, 6.07) is 5.46. The first-order valence-electron chi connectivity index (χ1n) is 6.62. The third-order valence-corrected chi connectivity index (χ3v) is 4.21. The van der Waals surface area contributed by atoms with Gasteiger partial charge in [0.05, 0.1) is 0 Å². The predicted molar refractivity (Wildman–Crippen MR) is 85.5 cm³/mol. The number of benzene rings is 1. The number of amides is 2. The molecule has 5 nitrogen and oxygen atoms in total. The Hall–Kier alpha value is -1.69. The fourth-order valence-corrected chi connectivity index (χ4v) is 3.02. The van der Waals surface area contributed by atoms with E-state index < -0.39 is 6.03 Å². The highest BCUT2D eigenvalue weighted by molar-refractivity contribution is 7.99. The molecule has 3 N–H and O–H groups in total. The quantitative estimate of drug-likeness (QED) is 0.615. The Morgan fingerprint density at radius 2 is 1.90 bits per heavy atom. The Morgan fingerprint density at radius 3 is 2.50 bits per heavy atom. The van der Waals surface area contributed by atoms with Crippen LogP contribution in [0.15, 0.2) is 23.2 Å². The van der Waals surface area contributed by atoms with Crippen LogP contribution in [0.2, 0.25) is 0 Å². The number of nitrogens with one attached hydrogen (secondary N) is 1. The van der Waals surface area contributed by atoms with Crippen molar-refractivity contribution in [2.24, 2.45) is 10.7 Å². The number of rotatable bonds is 1. The summed E-state index contributed by atoms with van der Waals surface area (Å²) >= 11 is 1.89. The molecule has 0 atom stereocenters. The van der Waals surface area contributed by atoms with E-state index in [9.17, 15) is 4.79 Å². The molecule has 0 spiro atoms. The van der Waals surface area contributed by atoms with Crippen molar-refractivity contribution >= 4 is 29.4 Å². The number of hydrogen-bond acceptors (Lipinski definition) is 2. The van der Waals surface area contributed by atoms with Crippen molar-refractivity contribution in [3.8, 4) is 0 Å². The predicted octanol–water partition coefficient (Wildman–Crippen LogP) is 2.20. The molecule has 108 valence electrons. The van der Waals surface area contributed by atoms with Crippen molar-refractivity contribution in [1.82, 2.24) is 4.90 Å². The van der Waals surface area contributed by atoms with Crippen molar-refractivity contribution in [3.63, 3.8) is 0 Å². The maximum absolute atomic E-state index is 12.0. The minimum Gasteiger partial charge on any atom is -0.369 e. The number of nitrogens with zero attached hydrogens (tertiary/aromatic N) is 2. The first kappa shape index (κ1) is 14.7. The van der Waals surface area contributed by atoms with Crippen LogP contribution >= 0.6 is 11.8 Å². The number of thioether (sulfide) groups is 1. The Balaban J connectivity index is 2.04. The maximum Gasteiger partial charge on any atom is 0.348 e. The number of aryl methyl sites for hydroxylation is 2. The molecule has 1 saturated heterocycles. The molecule has 6 heteroatoms. The SMILES string of the molecule is Cc1cccc(C)c1NC(=O)N=C(N)N1CCSCC1. The van der Waals surface area contributed by atoms with Gasteiger partial charge in [-0.1, -0.05) is 18.2 Å². The minimum atomic E-state index is -0.418. The number of anilines is 1. The maximum atomic E-state index is 12.0. The summed E-state index contributed by atoms with van der Waals surface area (Å²) in [4.78, 5) is 17.8. The Labute approximate surface area is 123 Å². The molecule has 0 aromatic heterocycles. The third kappa shape index (κ3) is 3.66. The Kier molecular flexibility index (Phi) is 4.89. The third-order valence-electron chi connectivity index (χ3n) is 3.26. The number of guanidine groups is 1. The highest BCUT2D eigenvalue weighted by atomic mass is 32.2. The zero-order valence-electron chi connectivity index (χ0n) is 11.8. The van der Waals surface area contributed by atoms with Gasteiger partial charge >= 0.3 is 6.03 Å². The van der Waals surface area contributed by atoms with Crippen LogP contribution in [0.5, 0.6) is 0 Å². The van der Waals surface area contributed by atoms with E-state index in [-0.39, 0.29) is 0 Å². The summed E-state index contributed by atoms with van der Waals surface area (Å²) in [6.07, 6.45) is 0. The lowest BCUT2D eigenvalue weighted by molar-refractivity contribution is 0.259. The number of nitrogens with two attached hydrogens (primary N) is 1. The van der Waals surface area contributed by atoms with Gasteiger partial charge in [0.15, 0.2) is 0 Å². The molecular weight excluding hydrogens is 272 g/mol. The average molecular weight is 292 g/mol. The standard InChI is InChI=1S/C14H20N4OS/c1-10-4-3-5-11(2)12(10)16-14(19)17-13(15)18-6-8-20-9-7-18/h3-5H,6-9H2,1-2H3,(H3,15,16,17,19). The summed E-state index contributed by atoms with van der Waals surface area (Å²) in [5.74, 6) is 2.35. The summed E-state index contributed by atoms with van der Waals surface area (Å²) in [7, 11) is 0. The molecular formula is C14H20N4OS. The van der Waals surface area contributed by atoms with E-state index in [0.717, 1.165) is 41.4 Å². The molecule has 2 amide bonds. The highest BCUT2D eigenvalue weighted by Gasteiger charge is 2.14. The van der Waals surface area contributed by atoms with Crippen molar-refractivity contribution in [2.45, 2.75) is 13.8 Å². The summed E-state index contributed by atoms with van der Waals surface area (Å²) < 4.78 is 0. The highest BCUT2D eigenvalue weighted by Crippen LogP contribution is 2.19. The smallest absolute Gasteiger partial charge is 0.348 e. The monoisotopic (exact) mass is 292 g/mol. The molecule has 1 heterocycles. The molecule has 1 aliphatic heterocycles. The van der Waals surface area contributed by atoms with Crippen LogP contribution in [0, 0.1) is 13.8 Å². The number of para-hydroxylation sites is 1. The first-order chi connectivity index (χ1) is 9.58. The average Bonchev–Trinajstić information content (AvgIpc) is 2.44. The second kappa shape index (κ2) is 6.65. The molecule has 0 aliphatic carbocycles. The minimum absolute atomic E-state index is 0.300. The first-order valence-corrected chi connectivity index (χ1v) is 7.77. The van der Waals surface area contributed by atoms with Gasteiger partial charge < -0.3 is 16.0 Å². The van der Waals surface area contributed by atoms with Crippen LogP contribution in [0.1, 0.15) is 11.1 Å². The van der Waals surface area contributed by atoms with Gasteiger partial charge in [-0.2, -0.15) is 16.8 Å². The van der Waals surface area contributed by atoms with Crippen molar-refractivity contribution in [1.29, 1.82) is 0 Å². The molecule has 1 aliphatic rings. The van der Waals surface area contributed by atoms with E-state index in [2.05, 4.69) is 10.3 Å². The molecule has 1 aromatic rings. The lowest BCUT2D eigenvalue weighted by Gasteiger charge is -2.26. The largest absolute Gasteiger partial charge is 0.369 e. The molecule has 1 aromatic carbocycles. The zero-order chi connectivity index (χ0) is 14.5. The lowest BCUT2D eigenvalue weighted by Crippen LogP contribution is -2.43. The molecule has 0 radical (unpaired) electrons. The fraction of sp³-hybridized carbons (Fsp3) is 0.429. The van der Waals surface area contributed by atoms with Crippen molar-refractivity contribution in [3.05, 3.63) is 29.3 Å². The number of carbonyl (C=O) groups is 1. The van der Waals surface area contributed by atoms with E-state index in [1.54, 1.807) is 0 Å². The van der Waals surface area contributed by atoms with Gasteiger partial charge in [0.25, 0.3) is 0 Å². The summed E-state index contributed by atoms with van der Waals surface area (Å²) in [5.41, 5.74) is 8.72. The lowest BCUT2D eigenvalue weighted by atomic mass is 10.1. The van der Waals surface area contributed by atoms with Crippen LogP contribution in [0.3, 0.4) is 0 Å². The van der Waals surface area contributed by atoms with Gasteiger partial charge in [0, 0.05) is 30.3 Å². The van der Waals surface area contributed by atoms with Gasteiger partial charge in [-0.15, -0.1) is 0 Å². The van der Waals surface area contributed by atoms with E-state index in [1.165, 1.54) is 0 Å². The van der Waals surface area contributed by atoms with Crippen molar-refractivity contribution < 1.29 is 4.79 Å². The van der Waals surface area contributed by atoms with E-state index >= 15 is 0 Å². The van der Waals surface area contributed by atoms with Gasteiger partial charge in [-0.05, 0) is 25.0 Å². The van der Waals surface area contributed by atoms with E-state index in [0.29, 0.717) is 5.96 Å². The topological polar surface area (TPSA) is 70.7 Å². The van der Waals surface area contributed by atoms with E-state index in [1.807, 2.05) is 48.7 Å². The second-order valence-electron chi connectivity index (χ2n) is 4.77. The van der Waals surface area contributed by atoms with Crippen LogP contribution in [-0.2, 0) is 0 Å². The van der Waals surface area contributed by atoms with E-state index in [4.69, 9.17) is 5.73 Å². The summed E-state index contributed by atoms with van der Waals surface area (Å²) in [6.45, 7) is 5.60. The molecule has 2 rings (SSSR count). The molecule has 0 saturated carbocycles. The van der Waals surface area contributed by atoms with Gasteiger partial charge in [-0.3, -0.25) is 0 Å². The molecule has 20 heavy (non-hydrogen) atoms.